The summed E-state index contributed by atoms with van der Waals surface area (Å²) in [6.45, 7) is 5.23. The first-order chi connectivity index (χ1) is 10.1. The molecule has 0 aromatic heterocycles. The van der Waals surface area contributed by atoms with Gasteiger partial charge in [-0.1, -0.05) is 26.0 Å². The Kier molecular flexibility index (Phi) is 5.20. The Morgan fingerprint density at radius 1 is 1.24 bits per heavy atom. The minimum atomic E-state index is -0.144. The number of nitrogens with zero attached hydrogens (tertiary/aromatic N) is 1. The second-order valence-corrected chi connectivity index (χ2v) is 5.59. The van der Waals surface area contributed by atoms with Gasteiger partial charge in [-0.25, -0.2) is 0 Å². The number of carbonyl (C=O) groups excluding carboxylic acids is 1. The number of methoxy groups -OCH3 is 2. The maximum absolute atomic E-state index is 12.5. The minimum Gasteiger partial charge on any atom is -0.497 e. The molecule has 1 saturated heterocycles. The van der Waals surface area contributed by atoms with Gasteiger partial charge in [-0.05, 0) is 23.6 Å². The zero-order chi connectivity index (χ0) is 15.4. The molecule has 1 aliphatic rings. The molecule has 2 atom stereocenters. The highest BCUT2D eigenvalue weighted by Gasteiger charge is 2.40. The molecular weight excluding hydrogens is 268 g/mol. The molecule has 0 aliphatic carbocycles. The van der Waals surface area contributed by atoms with Gasteiger partial charge in [0.15, 0.2) is 0 Å². The van der Waals surface area contributed by atoms with Crippen molar-refractivity contribution in [2.24, 2.45) is 5.92 Å². The molecule has 5 nitrogen and oxygen atoms in total. The molecule has 2 unspecified atom stereocenters. The summed E-state index contributed by atoms with van der Waals surface area (Å²) < 4.78 is 10.3. The number of amides is 1. The number of benzene rings is 1. The maximum Gasteiger partial charge on any atom is 0.241 e. The second-order valence-electron chi connectivity index (χ2n) is 5.59. The molecule has 0 saturated carbocycles. The van der Waals surface area contributed by atoms with Crippen LogP contribution in [0.5, 0.6) is 5.75 Å². The number of ether oxygens (including phenoxy) is 2. The SMILES string of the molecule is COCCN1C(=O)C(C(C)C)NC1c1ccc(OC)cc1. The molecular formula is C16H24N2O3. The fraction of sp³-hybridized carbons (Fsp3) is 0.562. The molecule has 21 heavy (non-hydrogen) atoms. The van der Waals surface area contributed by atoms with Crippen LogP contribution < -0.4 is 10.1 Å². The number of carbonyl (C=O) groups is 1. The standard InChI is InChI=1S/C16H24N2O3/c1-11(2)14-16(19)18(9-10-20-3)15(17-14)12-5-7-13(21-4)8-6-12/h5-8,11,14-15,17H,9-10H2,1-4H3. The number of hydrogen-bond donors (Lipinski definition) is 1. The van der Waals surface area contributed by atoms with Gasteiger partial charge in [0, 0.05) is 13.7 Å². The van der Waals surface area contributed by atoms with Crippen LogP contribution in [0.15, 0.2) is 24.3 Å². The highest BCUT2D eigenvalue weighted by Crippen LogP contribution is 2.28. The Hall–Kier alpha value is -1.59. The van der Waals surface area contributed by atoms with E-state index >= 15 is 0 Å². The average Bonchev–Trinajstić information content (AvgIpc) is 2.82. The topological polar surface area (TPSA) is 50.8 Å². The van der Waals surface area contributed by atoms with Crippen LogP contribution in [0.25, 0.3) is 0 Å². The van der Waals surface area contributed by atoms with Crippen molar-refractivity contribution < 1.29 is 14.3 Å². The molecule has 0 bridgehead atoms. The van der Waals surface area contributed by atoms with E-state index in [0.29, 0.717) is 13.2 Å². The van der Waals surface area contributed by atoms with E-state index in [2.05, 4.69) is 19.2 Å². The summed E-state index contributed by atoms with van der Waals surface area (Å²) in [7, 11) is 3.29. The summed E-state index contributed by atoms with van der Waals surface area (Å²) in [5.41, 5.74) is 1.06. The monoisotopic (exact) mass is 292 g/mol. The van der Waals surface area contributed by atoms with Crippen molar-refractivity contribution in [3.8, 4) is 5.75 Å². The maximum atomic E-state index is 12.5. The molecule has 2 rings (SSSR count). The molecule has 116 valence electrons. The molecule has 1 N–H and O–H groups in total. The quantitative estimate of drug-likeness (QED) is 0.868. The molecule has 1 aromatic rings. The molecule has 1 amide bonds. The van der Waals surface area contributed by atoms with Crippen LogP contribution in [0.1, 0.15) is 25.6 Å². The van der Waals surface area contributed by atoms with E-state index in [0.717, 1.165) is 11.3 Å². The predicted octanol–water partition coefficient (Wildman–Crippen LogP) is 1.80. The Morgan fingerprint density at radius 3 is 2.43 bits per heavy atom. The Morgan fingerprint density at radius 2 is 1.90 bits per heavy atom. The van der Waals surface area contributed by atoms with Crippen molar-refractivity contribution in [3.05, 3.63) is 29.8 Å². The lowest BCUT2D eigenvalue weighted by Gasteiger charge is -2.24. The van der Waals surface area contributed by atoms with E-state index in [4.69, 9.17) is 9.47 Å². The van der Waals surface area contributed by atoms with Gasteiger partial charge < -0.3 is 14.4 Å². The zero-order valence-corrected chi connectivity index (χ0v) is 13.1. The van der Waals surface area contributed by atoms with Gasteiger partial charge in [0.1, 0.15) is 11.9 Å². The fourth-order valence-corrected chi connectivity index (χ4v) is 2.61. The van der Waals surface area contributed by atoms with Crippen LogP contribution in [0.2, 0.25) is 0 Å². The first-order valence-electron chi connectivity index (χ1n) is 7.28. The first kappa shape index (κ1) is 15.8. The molecule has 1 aromatic carbocycles. The molecule has 0 spiro atoms. The molecule has 1 heterocycles. The van der Waals surface area contributed by atoms with Crippen LogP contribution in [0, 0.1) is 5.92 Å². The molecule has 0 radical (unpaired) electrons. The summed E-state index contributed by atoms with van der Waals surface area (Å²) in [5, 5.41) is 3.43. The smallest absolute Gasteiger partial charge is 0.241 e. The van der Waals surface area contributed by atoms with Gasteiger partial charge in [0.05, 0.1) is 19.8 Å². The van der Waals surface area contributed by atoms with Gasteiger partial charge >= 0.3 is 0 Å². The normalized spacial score (nSPS) is 22.1. The van der Waals surface area contributed by atoms with Crippen molar-refractivity contribution in [3.63, 3.8) is 0 Å². The third-order valence-corrected chi connectivity index (χ3v) is 3.83. The van der Waals surface area contributed by atoms with Crippen LogP contribution in [-0.4, -0.2) is 44.2 Å². The van der Waals surface area contributed by atoms with Crippen molar-refractivity contribution in [2.45, 2.75) is 26.1 Å². The Balaban J connectivity index is 2.22. The first-order valence-corrected chi connectivity index (χ1v) is 7.28. The van der Waals surface area contributed by atoms with Crippen molar-refractivity contribution >= 4 is 5.91 Å². The van der Waals surface area contributed by atoms with E-state index in [1.54, 1.807) is 14.2 Å². The van der Waals surface area contributed by atoms with Gasteiger partial charge in [-0.2, -0.15) is 0 Å². The highest BCUT2D eigenvalue weighted by molar-refractivity contribution is 5.84. The van der Waals surface area contributed by atoms with Gasteiger partial charge in [0.25, 0.3) is 0 Å². The molecule has 1 fully saturated rings. The van der Waals surface area contributed by atoms with Gasteiger partial charge in [-0.3, -0.25) is 10.1 Å². The van der Waals surface area contributed by atoms with Crippen LogP contribution in [0.3, 0.4) is 0 Å². The fourth-order valence-electron chi connectivity index (χ4n) is 2.61. The van der Waals surface area contributed by atoms with Crippen molar-refractivity contribution in [2.75, 3.05) is 27.4 Å². The Labute approximate surface area is 126 Å². The second kappa shape index (κ2) is 6.91. The number of rotatable bonds is 6. The lowest BCUT2D eigenvalue weighted by molar-refractivity contribution is -0.131. The van der Waals surface area contributed by atoms with Gasteiger partial charge in [-0.15, -0.1) is 0 Å². The lowest BCUT2D eigenvalue weighted by atomic mass is 10.1. The van der Waals surface area contributed by atoms with Crippen LogP contribution >= 0.6 is 0 Å². The average molecular weight is 292 g/mol. The van der Waals surface area contributed by atoms with Gasteiger partial charge in [0.2, 0.25) is 5.91 Å². The van der Waals surface area contributed by atoms with E-state index in [-0.39, 0.29) is 24.0 Å². The molecule has 5 heteroatoms. The van der Waals surface area contributed by atoms with E-state index < -0.39 is 0 Å². The van der Waals surface area contributed by atoms with E-state index in [9.17, 15) is 4.79 Å². The lowest BCUT2D eigenvalue weighted by Crippen LogP contribution is -2.35. The third kappa shape index (κ3) is 3.36. The van der Waals surface area contributed by atoms with Crippen LogP contribution in [-0.2, 0) is 9.53 Å². The largest absolute Gasteiger partial charge is 0.497 e. The minimum absolute atomic E-state index is 0.106. The summed E-state index contributed by atoms with van der Waals surface area (Å²) in [5.74, 6) is 1.21. The van der Waals surface area contributed by atoms with Crippen molar-refractivity contribution in [1.29, 1.82) is 0 Å². The zero-order valence-electron chi connectivity index (χ0n) is 13.1. The van der Waals surface area contributed by atoms with Crippen LogP contribution in [0.4, 0.5) is 0 Å². The Bertz CT molecular complexity index is 473. The summed E-state index contributed by atoms with van der Waals surface area (Å²) in [6, 6.07) is 7.67. The summed E-state index contributed by atoms with van der Waals surface area (Å²) >= 11 is 0. The summed E-state index contributed by atoms with van der Waals surface area (Å²) in [4.78, 5) is 14.4. The number of nitrogens with one attached hydrogen (secondary N) is 1. The molecule has 1 aliphatic heterocycles. The van der Waals surface area contributed by atoms with E-state index in [1.807, 2.05) is 29.2 Å². The third-order valence-electron chi connectivity index (χ3n) is 3.83. The predicted molar refractivity (Wildman–Crippen MR) is 81.1 cm³/mol. The summed E-state index contributed by atoms with van der Waals surface area (Å²) in [6.07, 6.45) is -0.106. The van der Waals surface area contributed by atoms with E-state index in [1.165, 1.54) is 0 Å². The number of hydrogen-bond acceptors (Lipinski definition) is 4. The van der Waals surface area contributed by atoms with Crippen molar-refractivity contribution in [1.82, 2.24) is 10.2 Å². The highest BCUT2D eigenvalue weighted by atomic mass is 16.5.